The molecule has 2 unspecified atom stereocenters. The Balaban J connectivity index is 1.81. The summed E-state index contributed by atoms with van der Waals surface area (Å²) in [6.45, 7) is 3.72. The first-order valence-corrected chi connectivity index (χ1v) is 6.49. The van der Waals surface area contributed by atoms with Crippen molar-refractivity contribution >= 4 is 11.3 Å². The fraction of sp³-hybridized carbons (Fsp3) is 0.583. The number of ether oxygens (including phenoxy) is 1. The number of hydrogen-bond acceptors (Lipinski definition) is 5. The first-order chi connectivity index (χ1) is 8.14. The van der Waals surface area contributed by atoms with Gasteiger partial charge in [0.05, 0.1) is 6.10 Å². The summed E-state index contributed by atoms with van der Waals surface area (Å²) in [6, 6.07) is 5.87. The van der Waals surface area contributed by atoms with Crippen LogP contribution in [-0.2, 0) is 11.3 Å². The molecule has 1 aromatic rings. The van der Waals surface area contributed by atoms with Gasteiger partial charge < -0.3 is 15.2 Å². The molecule has 0 spiro atoms. The van der Waals surface area contributed by atoms with Crippen LogP contribution in [0, 0.1) is 11.3 Å². The van der Waals surface area contributed by atoms with Crippen LogP contribution < -0.4 is 5.32 Å². The highest BCUT2D eigenvalue weighted by Gasteiger charge is 2.38. The lowest BCUT2D eigenvalue weighted by Gasteiger charge is -2.26. The smallest absolute Gasteiger partial charge is 0.110 e. The van der Waals surface area contributed by atoms with Gasteiger partial charge >= 0.3 is 0 Å². The van der Waals surface area contributed by atoms with Gasteiger partial charge in [-0.25, -0.2) is 0 Å². The molecule has 2 N–H and O–H groups in total. The van der Waals surface area contributed by atoms with Gasteiger partial charge in [0.2, 0.25) is 0 Å². The predicted octanol–water partition coefficient (Wildman–Crippen LogP) is 1.25. The average molecular weight is 252 g/mol. The lowest BCUT2D eigenvalue weighted by atomic mass is 9.97. The molecule has 0 aliphatic carbocycles. The van der Waals surface area contributed by atoms with E-state index in [1.165, 1.54) is 11.3 Å². The Morgan fingerprint density at radius 3 is 3.12 bits per heavy atom. The van der Waals surface area contributed by atoms with Gasteiger partial charge in [0, 0.05) is 31.0 Å². The van der Waals surface area contributed by atoms with E-state index in [0.29, 0.717) is 26.1 Å². The van der Waals surface area contributed by atoms with Gasteiger partial charge in [-0.15, -0.1) is 11.3 Å². The highest BCUT2D eigenvalue weighted by Crippen LogP contribution is 2.25. The van der Waals surface area contributed by atoms with E-state index >= 15 is 0 Å². The Kier molecular flexibility index (Phi) is 3.79. The molecule has 2 rings (SSSR count). The molecule has 1 aromatic heterocycles. The third kappa shape index (κ3) is 2.85. The zero-order chi connectivity index (χ0) is 12.3. The summed E-state index contributed by atoms with van der Waals surface area (Å²) in [5.74, 6) is 0. The van der Waals surface area contributed by atoms with Gasteiger partial charge in [0.1, 0.15) is 16.5 Å². The number of rotatable bonds is 4. The summed E-state index contributed by atoms with van der Waals surface area (Å²) >= 11 is 1.48. The Morgan fingerprint density at radius 2 is 2.53 bits per heavy atom. The molecule has 2 atom stereocenters. The Morgan fingerprint density at radius 1 is 1.71 bits per heavy atom. The van der Waals surface area contributed by atoms with Gasteiger partial charge in [-0.2, -0.15) is 5.26 Å². The van der Waals surface area contributed by atoms with Crippen molar-refractivity contribution in [3.05, 3.63) is 21.9 Å². The minimum atomic E-state index is -0.755. The van der Waals surface area contributed by atoms with Crippen molar-refractivity contribution in [2.24, 2.45) is 0 Å². The zero-order valence-corrected chi connectivity index (χ0v) is 10.6. The largest absolute Gasteiger partial charge is 0.386 e. The molecule has 17 heavy (non-hydrogen) atoms. The Labute approximate surface area is 105 Å². The number of nitrogens with one attached hydrogen (secondary N) is 1. The van der Waals surface area contributed by atoms with Gasteiger partial charge in [-0.05, 0) is 19.1 Å². The number of nitrogens with zero attached hydrogens (tertiary/aromatic N) is 1. The summed E-state index contributed by atoms with van der Waals surface area (Å²) < 4.78 is 5.36. The van der Waals surface area contributed by atoms with E-state index in [2.05, 4.69) is 11.4 Å². The van der Waals surface area contributed by atoms with Crippen LogP contribution in [0.5, 0.6) is 0 Å². The van der Waals surface area contributed by atoms with Crippen molar-refractivity contribution in [3.63, 3.8) is 0 Å². The molecule has 0 radical (unpaired) electrons. The predicted molar refractivity (Wildman–Crippen MR) is 65.7 cm³/mol. The van der Waals surface area contributed by atoms with Crippen molar-refractivity contribution in [1.82, 2.24) is 5.32 Å². The van der Waals surface area contributed by atoms with Crippen molar-refractivity contribution in [3.8, 4) is 6.07 Å². The van der Waals surface area contributed by atoms with Crippen LogP contribution in [0.1, 0.15) is 23.1 Å². The number of aliphatic hydroxyl groups is 1. The highest BCUT2D eigenvalue weighted by molar-refractivity contribution is 7.12. The molecule has 0 saturated carbocycles. The van der Waals surface area contributed by atoms with Gasteiger partial charge in [-0.3, -0.25) is 0 Å². The number of hydrogen-bond donors (Lipinski definition) is 2. The normalized spacial score (nSPS) is 28.2. The molecule has 1 aliphatic heterocycles. The topological polar surface area (TPSA) is 65.3 Å². The van der Waals surface area contributed by atoms with Crippen molar-refractivity contribution in [1.29, 1.82) is 5.26 Å². The second-order valence-corrected chi connectivity index (χ2v) is 5.52. The van der Waals surface area contributed by atoms with E-state index in [0.717, 1.165) is 9.75 Å². The summed E-state index contributed by atoms with van der Waals surface area (Å²) in [6.07, 6.45) is 0.558. The van der Waals surface area contributed by atoms with E-state index in [1.807, 2.05) is 19.1 Å². The summed E-state index contributed by atoms with van der Waals surface area (Å²) in [5, 5.41) is 22.2. The average Bonchev–Trinajstić information content (AvgIpc) is 2.88. The van der Waals surface area contributed by atoms with Gasteiger partial charge in [-0.1, -0.05) is 0 Å². The van der Waals surface area contributed by atoms with E-state index in [9.17, 15) is 5.11 Å². The molecule has 0 bridgehead atoms. The quantitative estimate of drug-likeness (QED) is 0.846. The molecule has 2 heterocycles. The number of nitriles is 1. The molecule has 1 fully saturated rings. The molecule has 1 saturated heterocycles. The first-order valence-electron chi connectivity index (χ1n) is 5.67. The van der Waals surface area contributed by atoms with Crippen molar-refractivity contribution < 1.29 is 9.84 Å². The minimum Gasteiger partial charge on any atom is -0.386 e. The van der Waals surface area contributed by atoms with Crippen molar-refractivity contribution in [2.75, 3.05) is 13.2 Å². The van der Waals surface area contributed by atoms with Gasteiger partial charge in [0.15, 0.2) is 0 Å². The Hall–Kier alpha value is -0.930. The second-order valence-electron chi connectivity index (χ2n) is 4.35. The molecule has 1 aliphatic rings. The summed E-state index contributed by atoms with van der Waals surface area (Å²) in [7, 11) is 0. The number of thiophene rings is 1. The first kappa shape index (κ1) is 12.5. The monoisotopic (exact) mass is 252 g/mol. The van der Waals surface area contributed by atoms with Crippen LogP contribution in [-0.4, -0.2) is 30.0 Å². The fourth-order valence-corrected chi connectivity index (χ4v) is 2.71. The maximum absolute atomic E-state index is 10.3. The summed E-state index contributed by atoms with van der Waals surface area (Å²) in [5.41, 5.74) is -0.755. The lowest BCUT2D eigenvalue weighted by Crippen LogP contribution is -2.45. The maximum Gasteiger partial charge on any atom is 0.110 e. The highest BCUT2D eigenvalue weighted by atomic mass is 32.1. The SMILES string of the molecule is CC1OCCC1(O)CNCc1ccc(C#N)s1. The molecular formula is C12H16N2O2S. The molecular weight excluding hydrogens is 236 g/mol. The molecule has 0 aromatic carbocycles. The van der Waals surface area contributed by atoms with Crippen LogP contribution in [0.2, 0.25) is 0 Å². The summed E-state index contributed by atoms with van der Waals surface area (Å²) in [4.78, 5) is 1.83. The molecule has 92 valence electrons. The second kappa shape index (κ2) is 5.15. The lowest BCUT2D eigenvalue weighted by molar-refractivity contribution is -0.0262. The third-order valence-corrected chi connectivity index (χ3v) is 4.15. The molecule has 0 amide bonds. The van der Waals surface area contributed by atoms with Crippen LogP contribution in [0.4, 0.5) is 0 Å². The van der Waals surface area contributed by atoms with Crippen LogP contribution in [0.15, 0.2) is 12.1 Å². The van der Waals surface area contributed by atoms with Gasteiger partial charge in [0.25, 0.3) is 0 Å². The van der Waals surface area contributed by atoms with Crippen molar-refractivity contribution in [2.45, 2.75) is 31.6 Å². The van der Waals surface area contributed by atoms with E-state index in [1.54, 1.807) is 0 Å². The van der Waals surface area contributed by atoms with Crippen LogP contribution >= 0.6 is 11.3 Å². The Bertz CT molecular complexity index is 426. The zero-order valence-electron chi connectivity index (χ0n) is 9.77. The maximum atomic E-state index is 10.3. The molecule has 5 heteroatoms. The van der Waals surface area contributed by atoms with E-state index in [-0.39, 0.29) is 6.10 Å². The standard InChI is InChI=1S/C12H16N2O2S/c1-9-12(15,4-5-16-9)8-14-7-11-3-2-10(6-13)17-11/h2-3,9,14-15H,4-5,7-8H2,1H3. The fourth-order valence-electron chi connectivity index (χ4n) is 1.94. The van der Waals surface area contributed by atoms with E-state index < -0.39 is 5.60 Å². The molecule has 4 nitrogen and oxygen atoms in total. The van der Waals surface area contributed by atoms with Crippen LogP contribution in [0.3, 0.4) is 0 Å². The third-order valence-electron chi connectivity index (χ3n) is 3.16. The van der Waals surface area contributed by atoms with E-state index in [4.69, 9.17) is 10.00 Å². The van der Waals surface area contributed by atoms with Crippen LogP contribution in [0.25, 0.3) is 0 Å². The minimum absolute atomic E-state index is 0.118.